The lowest BCUT2D eigenvalue weighted by Crippen LogP contribution is -2.24. The van der Waals surface area contributed by atoms with Gasteiger partial charge in [0.05, 0.1) is 12.2 Å². The van der Waals surface area contributed by atoms with Crippen molar-refractivity contribution >= 4 is 0 Å². The van der Waals surface area contributed by atoms with E-state index in [1.54, 1.807) is 12.1 Å². The van der Waals surface area contributed by atoms with E-state index in [-0.39, 0.29) is 6.54 Å². The molecule has 0 saturated heterocycles. The maximum absolute atomic E-state index is 13.2. The van der Waals surface area contributed by atoms with Crippen LogP contribution in [0.3, 0.4) is 0 Å². The number of ether oxygens (including phenoxy) is 1. The minimum Gasteiger partial charge on any atom is -0.494 e. The second-order valence-corrected chi connectivity index (χ2v) is 7.72. The second kappa shape index (κ2) is 12.6. The summed E-state index contributed by atoms with van der Waals surface area (Å²) >= 11 is 0. The molecule has 0 aliphatic carbocycles. The van der Waals surface area contributed by atoms with Crippen molar-refractivity contribution in [3.8, 4) is 5.75 Å². The Morgan fingerprint density at radius 1 is 0.800 bits per heavy atom. The van der Waals surface area contributed by atoms with Crippen molar-refractivity contribution in [2.45, 2.75) is 71.6 Å². The highest BCUT2D eigenvalue weighted by Crippen LogP contribution is 2.32. The van der Waals surface area contributed by atoms with Gasteiger partial charge in [-0.25, -0.2) is 0 Å². The van der Waals surface area contributed by atoms with Crippen LogP contribution in [0.15, 0.2) is 48.5 Å². The summed E-state index contributed by atoms with van der Waals surface area (Å²) in [6, 6.07) is 13.7. The van der Waals surface area contributed by atoms with Crippen LogP contribution in [-0.4, -0.2) is 18.1 Å². The number of unbranched alkanes of at least 4 members (excludes halogenated alkanes) is 5. The Labute approximate surface area is 179 Å². The molecule has 0 heterocycles. The van der Waals surface area contributed by atoms with Gasteiger partial charge in [0.15, 0.2) is 0 Å². The van der Waals surface area contributed by atoms with E-state index in [4.69, 9.17) is 4.74 Å². The maximum Gasteiger partial charge on any atom is 0.416 e. The number of rotatable bonds is 13. The normalized spacial score (nSPS) is 11.8. The molecule has 30 heavy (non-hydrogen) atoms. The highest BCUT2D eigenvalue weighted by Gasteiger charge is 2.33. The first-order chi connectivity index (χ1) is 14.4. The summed E-state index contributed by atoms with van der Waals surface area (Å²) in [6.45, 7) is 6.44. The van der Waals surface area contributed by atoms with Gasteiger partial charge in [-0.2, -0.15) is 13.2 Å². The number of benzene rings is 2. The predicted octanol–water partition coefficient (Wildman–Crippen LogP) is 7.47. The molecule has 0 fully saturated rings. The van der Waals surface area contributed by atoms with Crippen molar-refractivity contribution < 1.29 is 17.9 Å². The van der Waals surface area contributed by atoms with Gasteiger partial charge in [0, 0.05) is 13.1 Å². The molecule has 0 unspecified atom stereocenters. The molecule has 2 rings (SSSR count). The minimum atomic E-state index is -4.33. The van der Waals surface area contributed by atoms with Gasteiger partial charge < -0.3 is 4.74 Å². The summed E-state index contributed by atoms with van der Waals surface area (Å²) in [6.07, 6.45) is 3.06. The SMILES string of the molecule is CCCCCCCCOc1ccc(CN(CC)Cc2ccccc2C(F)(F)F)cc1. The van der Waals surface area contributed by atoms with Crippen molar-refractivity contribution in [2.24, 2.45) is 0 Å². The Bertz CT molecular complexity index is 728. The Balaban J connectivity index is 1.84. The van der Waals surface area contributed by atoms with Gasteiger partial charge in [-0.3, -0.25) is 4.90 Å². The lowest BCUT2D eigenvalue weighted by molar-refractivity contribution is -0.138. The highest BCUT2D eigenvalue weighted by molar-refractivity contribution is 5.30. The molecule has 0 bridgehead atoms. The van der Waals surface area contributed by atoms with E-state index in [1.807, 2.05) is 36.1 Å². The first kappa shape index (κ1) is 24.3. The minimum absolute atomic E-state index is 0.266. The first-order valence-electron chi connectivity index (χ1n) is 11.0. The van der Waals surface area contributed by atoms with Crippen molar-refractivity contribution in [2.75, 3.05) is 13.2 Å². The summed E-state index contributed by atoms with van der Waals surface area (Å²) in [5, 5.41) is 0. The van der Waals surface area contributed by atoms with Crippen LogP contribution >= 0.6 is 0 Å². The number of hydrogen-bond acceptors (Lipinski definition) is 2. The molecule has 5 heteroatoms. The molecule has 0 amide bonds. The third-order valence-corrected chi connectivity index (χ3v) is 5.26. The fourth-order valence-electron chi connectivity index (χ4n) is 3.48. The quantitative estimate of drug-likeness (QED) is 0.311. The summed E-state index contributed by atoms with van der Waals surface area (Å²) in [5.74, 6) is 0.845. The molecule has 0 spiro atoms. The number of nitrogens with zero attached hydrogens (tertiary/aromatic N) is 1. The fraction of sp³-hybridized carbons (Fsp3) is 0.520. The zero-order valence-electron chi connectivity index (χ0n) is 18.2. The smallest absolute Gasteiger partial charge is 0.416 e. The number of hydrogen-bond donors (Lipinski definition) is 0. The summed E-state index contributed by atoms with van der Waals surface area (Å²) in [7, 11) is 0. The van der Waals surface area contributed by atoms with Gasteiger partial charge in [0.2, 0.25) is 0 Å². The molecule has 0 atom stereocenters. The molecule has 0 N–H and O–H groups in total. The van der Waals surface area contributed by atoms with Gasteiger partial charge in [-0.1, -0.05) is 76.3 Å². The standard InChI is InChI=1S/C25H34F3NO/c1-3-5-6-7-8-11-18-30-23-16-14-21(15-17-23)19-29(4-2)20-22-12-9-10-13-24(22)25(26,27)28/h9-10,12-17H,3-8,11,18-20H2,1-2H3. The maximum atomic E-state index is 13.2. The van der Waals surface area contributed by atoms with E-state index in [2.05, 4.69) is 6.92 Å². The average molecular weight is 422 g/mol. The molecule has 2 aromatic rings. The third-order valence-electron chi connectivity index (χ3n) is 5.26. The van der Waals surface area contributed by atoms with Crippen LogP contribution in [0.25, 0.3) is 0 Å². The van der Waals surface area contributed by atoms with Crippen molar-refractivity contribution in [3.63, 3.8) is 0 Å². The van der Waals surface area contributed by atoms with Crippen molar-refractivity contribution in [1.29, 1.82) is 0 Å². The van der Waals surface area contributed by atoms with E-state index in [9.17, 15) is 13.2 Å². The Morgan fingerprint density at radius 2 is 1.47 bits per heavy atom. The van der Waals surface area contributed by atoms with Gasteiger partial charge in [0.25, 0.3) is 0 Å². The topological polar surface area (TPSA) is 12.5 Å². The Morgan fingerprint density at radius 3 is 2.13 bits per heavy atom. The fourth-order valence-corrected chi connectivity index (χ4v) is 3.48. The van der Waals surface area contributed by atoms with Gasteiger partial charge in [0.1, 0.15) is 5.75 Å². The zero-order valence-corrected chi connectivity index (χ0v) is 18.2. The molecular formula is C25H34F3NO. The number of halogens is 3. The van der Waals surface area contributed by atoms with E-state index in [0.717, 1.165) is 30.4 Å². The van der Waals surface area contributed by atoms with Crippen LogP contribution in [0, 0.1) is 0 Å². The summed E-state index contributed by atoms with van der Waals surface area (Å²) in [5.41, 5.74) is 0.820. The molecule has 0 radical (unpaired) electrons. The highest BCUT2D eigenvalue weighted by atomic mass is 19.4. The molecule has 0 aliphatic rings. The molecule has 0 saturated carbocycles. The third kappa shape index (κ3) is 8.39. The van der Waals surface area contributed by atoms with Gasteiger partial charge in [-0.05, 0) is 42.3 Å². The summed E-state index contributed by atoms with van der Waals surface area (Å²) < 4.78 is 45.5. The molecule has 0 aromatic heterocycles. The molecule has 0 aliphatic heterocycles. The van der Waals surface area contributed by atoms with Crippen LogP contribution in [0.1, 0.15) is 69.1 Å². The number of alkyl halides is 3. The van der Waals surface area contributed by atoms with Gasteiger partial charge in [-0.15, -0.1) is 0 Å². The first-order valence-corrected chi connectivity index (χ1v) is 11.0. The van der Waals surface area contributed by atoms with Crippen molar-refractivity contribution in [3.05, 3.63) is 65.2 Å². The second-order valence-electron chi connectivity index (χ2n) is 7.72. The lowest BCUT2D eigenvalue weighted by atomic mass is 10.1. The Kier molecular flexibility index (Phi) is 10.2. The molecule has 166 valence electrons. The van der Waals surface area contributed by atoms with Crippen LogP contribution in [0.4, 0.5) is 13.2 Å². The van der Waals surface area contributed by atoms with Crippen LogP contribution in [0.2, 0.25) is 0 Å². The predicted molar refractivity (Wildman–Crippen MR) is 117 cm³/mol. The monoisotopic (exact) mass is 421 g/mol. The van der Waals surface area contributed by atoms with Crippen LogP contribution < -0.4 is 4.74 Å². The summed E-state index contributed by atoms with van der Waals surface area (Å²) in [4.78, 5) is 2.01. The van der Waals surface area contributed by atoms with Gasteiger partial charge >= 0.3 is 6.18 Å². The largest absolute Gasteiger partial charge is 0.494 e. The average Bonchev–Trinajstić information content (AvgIpc) is 2.73. The molecular weight excluding hydrogens is 387 g/mol. The molecule has 2 nitrogen and oxygen atoms in total. The van der Waals surface area contributed by atoms with Crippen molar-refractivity contribution in [1.82, 2.24) is 4.90 Å². The lowest BCUT2D eigenvalue weighted by Gasteiger charge is -2.23. The Hall–Kier alpha value is -2.01. The zero-order chi connectivity index (χ0) is 21.8. The van der Waals surface area contributed by atoms with E-state index in [1.165, 1.54) is 38.2 Å². The van der Waals surface area contributed by atoms with Crippen LogP contribution in [-0.2, 0) is 19.3 Å². The van der Waals surface area contributed by atoms with E-state index < -0.39 is 11.7 Å². The van der Waals surface area contributed by atoms with Crippen LogP contribution in [0.5, 0.6) is 5.75 Å². The van der Waals surface area contributed by atoms with E-state index in [0.29, 0.717) is 18.7 Å². The van der Waals surface area contributed by atoms with E-state index >= 15 is 0 Å². The molecule has 2 aromatic carbocycles.